The molecule has 0 amide bonds. The molecule has 11 heteroatoms. The Morgan fingerprint density at radius 1 is 0.968 bits per heavy atom. The van der Waals surface area contributed by atoms with Gasteiger partial charge >= 0.3 is 23.9 Å². The van der Waals surface area contributed by atoms with E-state index in [1.54, 1.807) is 11.3 Å². The van der Waals surface area contributed by atoms with E-state index < -0.39 is 53.7 Å². The summed E-state index contributed by atoms with van der Waals surface area (Å²) in [5, 5.41) is 1.90. The van der Waals surface area contributed by atoms with E-state index in [1.165, 1.54) is 39.5 Å². The lowest BCUT2D eigenvalue weighted by molar-refractivity contribution is -0.237. The molecular weight excluding hydrogens is 448 g/mol. The summed E-state index contributed by atoms with van der Waals surface area (Å²) in [7, 11) is 0. The third-order valence-corrected chi connectivity index (χ3v) is 6.74. The van der Waals surface area contributed by atoms with Gasteiger partial charge in [0.25, 0.3) is 0 Å². The van der Waals surface area contributed by atoms with Gasteiger partial charge in [-0.1, -0.05) is 6.07 Å². The van der Waals surface area contributed by atoms with Crippen molar-refractivity contribution in [1.82, 2.24) is 0 Å². The Morgan fingerprint density at radius 2 is 1.55 bits per heavy atom. The van der Waals surface area contributed by atoms with Crippen LogP contribution in [-0.2, 0) is 42.9 Å². The molecule has 2 unspecified atom stereocenters. The van der Waals surface area contributed by atoms with E-state index in [-0.39, 0.29) is 11.9 Å². The van der Waals surface area contributed by atoms with Crippen LogP contribution in [0, 0.1) is 0 Å². The second-order valence-electron chi connectivity index (χ2n) is 6.86. The summed E-state index contributed by atoms with van der Waals surface area (Å²) in [6.45, 7) is 6.57. The maximum atomic E-state index is 11.8. The first kappa shape index (κ1) is 25.2. The summed E-state index contributed by atoms with van der Waals surface area (Å²) in [5.41, 5.74) is -0.780. The largest absolute Gasteiger partial charge is 0.463 e. The molecule has 1 fully saturated rings. The number of carbonyl (C=O) groups is 4. The average molecular weight is 475 g/mol. The van der Waals surface area contributed by atoms with E-state index in [9.17, 15) is 19.2 Å². The highest BCUT2D eigenvalue weighted by molar-refractivity contribution is 8.00. The van der Waals surface area contributed by atoms with Gasteiger partial charge in [0.1, 0.15) is 18.1 Å². The molecule has 0 bridgehead atoms. The number of esters is 4. The van der Waals surface area contributed by atoms with Crippen molar-refractivity contribution in [3.05, 3.63) is 22.4 Å². The Morgan fingerprint density at radius 3 is 2.06 bits per heavy atom. The first-order chi connectivity index (χ1) is 14.6. The number of rotatable bonds is 8. The third-order valence-electron chi connectivity index (χ3n) is 4.23. The third kappa shape index (κ3) is 7.51. The standard InChI is InChI=1S/C20H26O9S2/c1-10(16-7-6-8-30-16)31-20-19(28-14(5)24)18(27-13(4)23)17(26-12(3)22)15(29-20)9-25-11(2)21/h6-8,10,15,17-20H,9H2,1-5H3/t10?,15-,17-,18+,19-,20?/m0/s1. The monoisotopic (exact) mass is 474 g/mol. The van der Waals surface area contributed by atoms with Crippen LogP contribution in [0.25, 0.3) is 0 Å². The first-order valence-corrected chi connectivity index (χ1v) is 11.4. The number of carbonyl (C=O) groups excluding carboxylic acids is 4. The van der Waals surface area contributed by atoms with Crippen molar-refractivity contribution in [3.8, 4) is 0 Å². The normalized spacial score (nSPS) is 26.4. The van der Waals surface area contributed by atoms with Gasteiger partial charge < -0.3 is 23.7 Å². The Labute approximate surface area is 188 Å². The smallest absolute Gasteiger partial charge is 0.303 e. The van der Waals surface area contributed by atoms with Gasteiger partial charge in [0.2, 0.25) is 0 Å². The van der Waals surface area contributed by atoms with Crippen molar-refractivity contribution in [2.24, 2.45) is 0 Å². The lowest BCUT2D eigenvalue weighted by Crippen LogP contribution is -2.61. The van der Waals surface area contributed by atoms with Crippen LogP contribution in [0.5, 0.6) is 0 Å². The molecule has 2 rings (SSSR count). The molecule has 0 saturated carbocycles. The predicted octanol–water partition coefficient (Wildman–Crippen LogP) is 2.63. The van der Waals surface area contributed by atoms with E-state index in [2.05, 4.69) is 0 Å². The van der Waals surface area contributed by atoms with Gasteiger partial charge in [-0.05, 0) is 18.4 Å². The molecule has 0 aliphatic carbocycles. The molecule has 0 spiro atoms. The highest BCUT2D eigenvalue weighted by Gasteiger charge is 2.52. The van der Waals surface area contributed by atoms with E-state index in [4.69, 9.17) is 23.7 Å². The maximum absolute atomic E-state index is 11.8. The molecule has 1 aromatic heterocycles. The number of hydrogen-bond acceptors (Lipinski definition) is 11. The minimum absolute atomic E-state index is 0.0410. The molecule has 1 aliphatic heterocycles. The summed E-state index contributed by atoms with van der Waals surface area (Å²) in [6, 6.07) is 3.89. The van der Waals surface area contributed by atoms with Gasteiger partial charge in [0.05, 0.1) is 0 Å². The topological polar surface area (TPSA) is 114 Å². The first-order valence-electron chi connectivity index (χ1n) is 9.57. The molecule has 1 aromatic rings. The molecule has 2 heterocycles. The minimum atomic E-state index is -1.15. The average Bonchev–Trinajstić information content (AvgIpc) is 3.18. The van der Waals surface area contributed by atoms with Gasteiger partial charge in [-0.25, -0.2) is 0 Å². The Balaban J connectivity index is 2.39. The number of ether oxygens (including phenoxy) is 5. The second kappa shape index (κ2) is 11.5. The van der Waals surface area contributed by atoms with Crippen LogP contribution in [0.15, 0.2) is 17.5 Å². The van der Waals surface area contributed by atoms with Crippen LogP contribution in [-0.4, -0.2) is 60.3 Å². The zero-order chi connectivity index (χ0) is 23.1. The van der Waals surface area contributed by atoms with Gasteiger partial charge in [0, 0.05) is 37.8 Å². The van der Waals surface area contributed by atoms with Crippen LogP contribution < -0.4 is 0 Å². The van der Waals surface area contributed by atoms with E-state index >= 15 is 0 Å². The van der Waals surface area contributed by atoms with Gasteiger partial charge in [-0.15, -0.1) is 23.1 Å². The lowest BCUT2D eigenvalue weighted by atomic mass is 9.99. The van der Waals surface area contributed by atoms with Crippen LogP contribution in [0.4, 0.5) is 0 Å². The fraction of sp³-hybridized carbons (Fsp3) is 0.600. The molecule has 0 aromatic carbocycles. The molecule has 172 valence electrons. The summed E-state index contributed by atoms with van der Waals surface area (Å²) in [6.07, 6.45) is -4.27. The van der Waals surface area contributed by atoms with Crippen molar-refractivity contribution >= 4 is 47.0 Å². The SMILES string of the molecule is CC(=O)OC[C@@H]1OC(SC(C)c2cccs2)[C@@H](OC(C)=O)[C@H](OC(C)=O)[C@H]1OC(C)=O. The van der Waals surface area contributed by atoms with Crippen LogP contribution >= 0.6 is 23.1 Å². The Kier molecular flexibility index (Phi) is 9.32. The van der Waals surface area contributed by atoms with Crippen molar-refractivity contribution < 1.29 is 42.9 Å². The van der Waals surface area contributed by atoms with Crippen molar-refractivity contribution in [2.75, 3.05) is 6.61 Å². The molecule has 6 atom stereocenters. The number of thioether (sulfide) groups is 1. The Bertz CT molecular complexity index is 780. The molecule has 31 heavy (non-hydrogen) atoms. The quantitative estimate of drug-likeness (QED) is 0.411. The van der Waals surface area contributed by atoms with Crippen LogP contribution in [0.2, 0.25) is 0 Å². The molecule has 1 saturated heterocycles. The van der Waals surface area contributed by atoms with E-state index in [0.717, 1.165) is 4.88 Å². The second-order valence-corrected chi connectivity index (χ2v) is 9.28. The minimum Gasteiger partial charge on any atom is -0.463 e. The van der Waals surface area contributed by atoms with Gasteiger partial charge in [-0.3, -0.25) is 19.2 Å². The predicted molar refractivity (Wildman–Crippen MR) is 112 cm³/mol. The molecule has 1 aliphatic rings. The highest BCUT2D eigenvalue weighted by Crippen LogP contribution is 2.41. The molecule has 0 N–H and O–H groups in total. The summed E-state index contributed by atoms with van der Waals surface area (Å²) < 4.78 is 27.4. The summed E-state index contributed by atoms with van der Waals surface area (Å²) >= 11 is 2.92. The fourth-order valence-corrected chi connectivity index (χ4v) is 5.27. The zero-order valence-corrected chi connectivity index (χ0v) is 19.5. The number of thiophene rings is 1. The van der Waals surface area contributed by atoms with Crippen molar-refractivity contribution in [3.63, 3.8) is 0 Å². The maximum Gasteiger partial charge on any atom is 0.303 e. The van der Waals surface area contributed by atoms with Gasteiger partial charge in [-0.2, -0.15) is 0 Å². The summed E-state index contributed by atoms with van der Waals surface area (Å²) in [5.74, 6) is -2.46. The molecule has 0 radical (unpaired) electrons. The highest BCUT2D eigenvalue weighted by atomic mass is 32.2. The van der Waals surface area contributed by atoms with Crippen LogP contribution in [0.1, 0.15) is 44.7 Å². The van der Waals surface area contributed by atoms with Crippen molar-refractivity contribution in [1.29, 1.82) is 0 Å². The zero-order valence-electron chi connectivity index (χ0n) is 17.9. The Hall–Kier alpha value is -2.11. The number of hydrogen-bond donors (Lipinski definition) is 0. The lowest BCUT2D eigenvalue weighted by Gasteiger charge is -2.44. The van der Waals surface area contributed by atoms with Crippen LogP contribution in [0.3, 0.4) is 0 Å². The van der Waals surface area contributed by atoms with E-state index in [1.807, 2.05) is 24.4 Å². The van der Waals surface area contributed by atoms with Gasteiger partial charge in [0.15, 0.2) is 18.3 Å². The summed E-state index contributed by atoms with van der Waals surface area (Å²) in [4.78, 5) is 47.8. The fourth-order valence-electron chi connectivity index (χ4n) is 3.09. The molecule has 9 nitrogen and oxygen atoms in total. The van der Waals surface area contributed by atoms with Crippen molar-refractivity contribution in [2.45, 2.75) is 69.7 Å². The van der Waals surface area contributed by atoms with E-state index in [0.29, 0.717) is 0 Å². The molecular formula is C20H26O9S2.